The molecule has 29 heavy (non-hydrogen) atoms. The van der Waals surface area contributed by atoms with Gasteiger partial charge in [-0.2, -0.15) is 10.2 Å². The number of hydrogen-bond acceptors (Lipinski definition) is 8. The zero-order valence-electron chi connectivity index (χ0n) is 16.2. The van der Waals surface area contributed by atoms with E-state index in [2.05, 4.69) is 32.3 Å². The summed E-state index contributed by atoms with van der Waals surface area (Å²) in [6.07, 6.45) is 7.62. The second kappa shape index (κ2) is 7.38. The fraction of sp³-hybridized carbons (Fsp3) is 0.333. The van der Waals surface area contributed by atoms with Gasteiger partial charge < -0.3 is 25.9 Å². The van der Waals surface area contributed by atoms with E-state index in [1.807, 2.05) is 18.2 Å². The highest BCUT2D eigenvalue weighted by atomic mass is 16.3. The molecular formula is C21H24N6O2. The van der Waals surface area contributed by atoms with Crippen LogP contribution in [0.1, 0.15) is 24.1 Å². The lowest BCUT2D eigenvalue weighted by Crippen LogP contribution is -2.61. The molecule has 0 aliphatic carbocycles. The molecule has 0 spiro atoms. The molecular weight excluding hydrogens is 368 g/mol. The number of aldehydes is 1. The van der Waals surface area contributed by atoms with Crippen molar-refractivity contribution in [3.05, 3.63) is 66.0 Å². The van der Waals surface area contributed by atoms with Gasteiger partial charge in [0.2, 0.25) is 0 Å². The lowest BCUT2D eigenvalue weighted by atomic mass is 9.78. The van der Waals surface area contributed by atoms with Gasteiger partial charge in [-0.25, -0.2) is 0 Å². The molecule has 1 fully saturated rings. The van der Waals surface area contributed by atoms with Gasteiger partial charge in [0.1, 0.15) is 23.4 Å². The van der Waals surface area contributed by atoms with Gasteiger partial charge in [0.15, 0.2) is 0 Å². The Balaban J connectivity index is 1.82. The number of piperazine rings is 1. The van der Waals surface area contributed by atoms with E-state index in [0.717, 1.165) is 23.2 Å². The SMILES string of the molecule is CC1(c2ccnnc2)C(c2ccccc2O)NCCN1C1=NCC(N)(C=O)C=C1. The van der Waals surface area contributed by atoms with Gasteiger partial charge >= 0.3 is 0 Å². The van der Waals surface area contributed by atoms with Crippen LogP contribution in [-0.4, -0.2) is 57.5 Å². The quantitative estimate of drug-likeness (QED) is 0.665. The molecule has 2 aliphatic heterocycles. The molecule has 3 heterocycles. The van der Waals surface area contributed by atoms with Crippen molar-refractivity contribution >= 4 is 12.1 Å². The van der Waals surface area contributed by atoms with Gasteiger partial charge in [0.25, 0.3) is 0 Å². The molecule has 8 nitrogen and oxygen atoms in total. The number of carbonyl (C=O) groups is 1. The predicted octanol–water partition coefficient (Wildman–Crippen LogP) is 0.909. The summed E-state index contributed by atoms with van der Waals surface area (Å²) in [5.41, 5.74) is 6.06. The number of nitrogens with zero attached hydrogens (tertiary/aromatic N) is 4. The number of carbonyl (C=O) groups excluding carboxylic acids is 1. The fourth-order valence-electron chi connectivity index (χ4n) is 4.12. The van der Waals surface area contributed by atoms with Crippen molar-refractivity contribution in [2.24, 2.45) is 10.7 Å². The molecule has 4 N–H and O–H groups in total. The molecule has 0 radical (unpaired) electrons. The van der Waals surface area contributed by atoms with E-state index in [1.54, 1.807) is 36.7 Å². The highest BCUT2D eigenvalue weighted by molar-refractivity contribution is 5.96. The predicted molar refractivity (Wildman–Crippen MR) is 109 cm³/mol. The number of hydrogen-bond donors (Lipinski definition) is 3. The number of phenolic OH excluding ortho intramolecular Hbond substituents is 1. The van der Waals surface area contributed by atoms with E-state index in [1.165, 1.54) is 0 Å². The maximum Gasteiger partial charge on any atom is 0.145 e. The summed E-state index contributed by atoms with van der Waals surface area (Å²) in [5, 5.41) is 22.1. The lowest BCUT2D eigenvalue weighted by molar-refractivity contribution is -0.110. The van der Waals surface area contributed by atoms with Crippen molar-refractivity contribution in [1.29, 1.82) is 0 Å². The van der Waals surface area contributed by atoms with E-state index in [4.69, 9.17) is 5.73 Å². The molecule has 1 aromatic carbocycles. The standard InChI is InChI=1S/C21H24N6O2/c1-20(15-7-9-25-26-12-15)19(16-4-2-3-5-17(16)29)23-10-11-27(20)18-6-8-21(22,14-28)13-24-18/h2-9,12,14,19,23,29H,10-11,13,22H2,1H3. The van der Waals surface area contributed by atoms with E-state index in [-0.39, 0.29) is 18.3 Å². The Morgan fingerprint density at radius 3 is 2.79 bits per heavy atom. The topological polar surface area (TPSA) is 117 Å². The van der Waals surface area contributed by atoms with Crippen LogP contribution in [0.2, 0.25) is 0 Å². The van der Waals surface area contributed by atoms with Crippen LogP contribution in [0, 0.1) is 0 Å². The Bertz CT molecular complexity index is 963. The van der Waals surface area contributed by atoms with E-state index in [9.17, 15) is 9.90 Å². The second-order valence-electron chi connectivity index (χ2n) is 7.61. The summed E-state index contributed by atoms with van der Waals surface area (Å²) in [4.78, 5) is 18.1. The minimum atomic E-state index is -1.07. The second-order valence-corrected chi connectivity index (χ2v) is 7.61. The first-order valence-electron chi connectivity index (χ1n) is 9.53. The molecule has 8 heteroatoms. The molecule has 2 aromatic rings. The summed E-state index contributed by atoms with van der Waals surface area (Å²) in [6, 6.07) is 9.01. The van der Waals surface area contributed by atoms with Gasteiger partial charge in [-0.1, -0.05) is 24.3 Å². The van der Waals surface area contributed by atoms with Crippen molar-refractivity contribution in [3.63, 3.8) is 0 Å². The number of aromatic hydroxyl groups is 1. The Morgan fingerprint density at radius 1 is 1.31 bits per heavy atom. The first kappa shape index (κ1) is 19.2. The van der Waals surface area contributed by atoms with Crippen LogP contribution in [0.4, 0.5) is 0 Å². The number of para-hydroxylation sites is 1. The number of phenols is 1. The summed E-state index contributed by atoms with van der Waals surface area (Å²) in [5.74, 6) is 0.970. The summed E-state index contributed by atoms with van der Waals surface area (Å²) >= 11 is 0. The summed E-state index contributed by atoms with van der Waals surface area (Å²) < 4.78 is 0. The smallest absolute Gasteiger partial charge is 0.145 e. The average molecular weight is 392 g/mol. The molecule has 3 atom stereocenters. The highest BCUT2D eigenvalue weighted by Gasteiger charge is 2.47. The largest absolute Gasteiger partial charge is 0.508 e. The minimum Gasteiger partial charge on any atom is -0.508 e. The Kier molecular flexibility index (Phi) is 4.89. The van der Waals surface area contributed by atoms with Crippen molar-refractivity contribution in [2.75, 3.05) is 19.6 Å². The number of aromatic nitrogens is 2. The van der Waals surface area contributed by atoms with Crippen molar-refractivity contribution in [3.8, 4) is 5.75 Å². The number of nitrogens with one attached hydrogen (secondary N) is 1. The Morgan fingerprint density at radius 2 is 2.14 bits per heavy atom. The van der Waals surface area contributed by atoms with Crippen LogP contribution >= 0.6 is 0 Å². The maximum absolute atomic E-state index is 11.3. The van der Waals surface area contributed by atoms with Crippen molar-refractivity contribution in [2.45, 2.75) is 24.0 Å². The third-order valence-electron chi connectivity index (χ3n) is 5.78. The summed E-state index contributed by atoms with van der Waals surface area (Å²) in [7, 11) is 0. The van der Waals surface area contributed by atoms with E-state index < -0.39 is 11.1 Å². The number of nitrogens with two attached hydrogens (primary N) is 1. The zero-order chi connectivity index (χ0) is 20.5. The normalized spacial score (nSPS) is 29.4. The third kappa shape index (κ3) is 3.30. The van der Waals surface area contributed by atoms with Crippen LogP contribution in [0.15, 0.2) is 59.9 Å². The van der Waals surface area contributed by atoms with Gasteiger partial charge in [-0.3, -0.25) is 4.99 Å². The van der Waals surface area contributed by atoms with E-state index in [0.29, 0.717) is 13.1 Å². The van der Waals surface area contributed by atoms with Crippen LogP contribution < -0.4 is 11.1 Å². The van der Waals surface area contributed by atoms with Gasteiger partial charge in [-0.05, 0) is 25.1 Å². The average Bonchev–Trinajstić information content (AvgIpc) is 2.76. The van der Waals surface area contributed by atoms with Crippen LogP contribution in [0.3, 0.4) is 0 Å². The number of benzene rings is 1. The molecule has 0 amide bonds. The van der Waals surface area contributed by atoms with Crippen molar-refractivity contribution < 1.29 is 9.90 Å². The van der Waals surface area contributed by atoms with Gasteiger partial charge in [-0.15, -0.1) is 0 Å². The Hall–Kier alpha value is -3.10. The monoisotopic (exact) mass is 392 g/mol. The Labute approximate surface area is 169 Å². The molecule has 2 aliphatic rings. The minimum absolute atomic E-state index is 0.193. The summed E-state index contributed by atoms with van der Waals surface area (Å²) in [6.45, 7) is 3.66. The first-order chi connectivity index (χ1) is 14.0. The number of rotatable bonds is 3. The fourth-order valence-corrected chi connectivity index (χ4v) is 4.12. The number of aliphatic imine (C=N–C) groups is 1. The van der Waals surface area contributed by atoms with E-state index >= 15 is 0 Å². The highest BCUT2D eigenvalue weighted by Crippen LogP contribution is 2.44. The van der Waals surface area contributed by atoms with Crippen LogP contribution in [0.5, 0.6) is 5.75 Å². The zero-order valence-corrected chi connectivity index (χ0v) is 16.2. The number of dihydropyridines is 1. The third-order valence-corrected chi connectivity index (χ3v) is 5.78. The molecule has 3 unspecified atom stereocenters. The van der Waals surface area contributed by atoms with Gasteiger partial charge in [0, 0.05) is 30.4 Å². The van der Waals surface area contributed by atoms with Crippen LogP contribution in [0.25, 0.3) is 0 Å². The molecule has 150 valence electrons. The maximum atomic E-state index is 11.3. The van der Waals surface area contributed by atoms with Crippen molar-refractivity contribution in [1.82, 2.24) is 20.4 Å². The molecule has 0 bridgehead atoms. The lowest BCUT2D eigenvalue weighted by Gasteiger charge is -2.52. The molecule has 0 saturated carbocycles. The first-order valence-corrected chi connectivity index (χ1v) is 9.53. The van der Waals surface area contributed by atoms with Gasteiger partial charge in [0.05, 0.1) is 24.3 Å². The molecule has 4 rings (SSSR count). The van der Waals surface area contributed by atoms with Crippen LogP contribution in [-0.2, 0) is 10.3 Å². The molecule has 1 aromatic heterocycles. The number of amidine groups is 1. The molecule has 1 saturated heterocycles.